The number of hydrogen-bond acceptors (Lipinski definition) is 3. The number of hydrogen-bond donors (Lipinski definition) is 2. The highest BCUT2D eigenvalue weighted by atomic mass is 32.2. The van der Waals surface area contributed by atoms with Gasteiger partial charge >= 0.3 is 5.97 Å². The summed E-state index contributed by atoms with van der Waals surface area (Å²) in [5, 5.41) is 12.4. The number of rotatable bonds is 7. The van der Waals surface area contributed by atoms with Gasteiger partial charge in [0.25, 0.3) is 0 Å². The Kier molecular flexibility index (Phi) is 6.10. The van der Waals surface area contributed by atoms with E-state index in [4.69, 9.17) is 5.11 Å². The Morgan fingerprint density at radius 1 is 1.53 bits per heavy atom. The third kappa shape index (κ3) is 4.43. The summed E-state index contributed by atoms with van der Waals surface area (Å²) in [6.45, 7) is 4.03. The van der Waals surface area contributed by atoms with Crippen molar-refractivity contribution in [1.29, 1.82) is 0 Å². The minimum atomic E-state index is -0.609. The second kappa shape index (κ2) is 7.12. The fraction of sp³-hybridized carbons (Fsp3) is 0.909. The van der Waals surface area contributed by atoms with E-state index in [1.165, 1.54) is 0 Å². The summed E-state index contributed by atoms with van der Waals surface area (Å²) >= 11 is 1.92. The number of carbonyl (C=O) groups is 1. The molecule has 0 radical (unpaired) electrons. The molecule has 0 spiro atoms. The monoisotopic (exact) mass is 231 g/mol. The molecule has 15 heavy (non-hydrogen) atoms. The van der Waals surface area contributed by atoms with E-state index < -0.39 is 5.97 Å². The average molecular weight is 231 g/mol. The lowest BCUT2D eigenvalue weighted by molar-refractivity contribution is -0.142. The fourth-order valence-electron chi connectivity index (χ4n) is 2.18. The maximum atomic E-state index is 10.9. The maximum Gasteiger partial charge on any atom is 0.306 e. The standard InChI is InChI=1S/C11H21NO2S/c1-2-15-7-6-12-8-9-4-3-5-10(9)11(13)14/h9-10,12H,2-8H2,1H3,(H,13,14). The zero-order valence-electron chi connectivity index (χ0n) is 9.37. The van der Waals surface area contributed by atoms with Crippen LogP contribution in [0.15, 0.2) is 0 Å². The lowest BCUT2D eigenvalue weighted by atomic mass is 9.96. The molecule has 2 unspecified atom stereocenters. The van der Waals surface area contributed by atoms with E-state index in [1.807, 2.05) is 11.8 Å². The molecule has 1 rings (SSSR count). The second-order valence-corrected chi connectivity index (χ2v) is 5.43. The number of nitrogens with one attached hydrogen (secondary N) is 1. The second-order valence-electron chi connectivity index (χ2n) is 4.04. The van der Waals surface area contributed by atoms with Crippen LogP contribution < -0.4 is 5.32 Å². The number of carboxylic acids is 1. The highest BCUT2D eigenvalue weighted by Gasteiger charge is 2.32. The summed E-state index contributed by atoms with van der Waals surface area (Å²) in [6.07, 6.45) is 3.02. The Hall–Kier alpha value is -0.220. The zero-order chi connectivity index (χ0) is 11.1. The molecular weight excluding hydrogens is 210 g/mol. The summed E-state index contributed by atoms with van der Waals surface area (Å²) in [5.41, 5.74) is 0. The lowest BCUT2D eigenvalue weighted by Crippen LogP contribution is -2.30. The zero-order valence-corrected chi connectivity index (χ0v) is 10.2. The number of aliphatic carboxylic acids is 1. The minimum absolute atomic E-state index is 0.101. The van der Waals surface area contributed by atoms with Gasteiger partial charge in [-0.05, 0) is 31.1 Å². The van der Waals surface area contributed by atoms with Gasteiger partial charge in [-0.15, -0.1) is 0 Å². The van der Waals surface area contributed by atoms with E-state index >= 15 is 0 Å². The van der Waals surface area contributed by atoms with E-state index in [2.05, 4.69) is 12.2 Å². The molecule has 1 fully saturated rings. The van der Waals surface area contributed by atoms with Crippen molar-refractivity contribution >= 4 is 17.7 Å². The highest BCUT2D eigenvalue weighted by Crippen LogP contribution is 2.31. The summed E-state index contributed by atoms with van der Waals surface area (Å²) in [4.78, 5) is 10.9. The van der Waals surface area contributed by atoms with Gasteiger partial charge in [-0.1, -0.05) is 13.3 Å². The van der Waals surface area contributed by atoms with Crippen molar-refractivity contribution in [2.24, 2.45) is 11.8 Å². The van der Waals surface area contributed by atoms with Crippen molar-refractivity contribution in [2.75, 3.05) is 24.6 Å². The summed E-state index contributed by atoms with van der Waals surface area (Å²) in [5.74, 6) is 1.93. The Labute approximate surface area is 96.0 Å². The molecule has 1 aliphatic carbocycles. The van der Waals surface area contributed by atoms with Crippen LogP contribution >= 0.6 is 11.8 Å². The van der Waals surface area contributed by atoms with E-state index in [1.54, 1.807) is 0 Å². The van der Waals surface area contributed by atoms with Crippen molar-refractivity contribution in [3.63, 3.8) is 0 Å². The Bertz CT molecular complexity index is 199. The number of carboxylic acid groups (broad SMARTS) is 1. The first-order valence-electron chi connectivity index (χ1n) is 5.77. The van der Waals surface area contributed by atoms with Gasteiger partial charge in [-0.25, -0.2) is 0 Å². The molecule has 3 nitrogen and oxygen atoms in total. The average Bonchev–Trinajstić information content (AvgIpc) is 2.66. The molecule has 1 aliphatic rings. The van der Waals surface area contributed by atoms with Gasteiger partial charge in [0.15, 0.2) is 0 Å². The third-order valence-electron chi connectivity index (χ3n) is 3.01. The summed E-state index contributed by atoms with van der Waals surface area (Å²) in [6, 6.07) is 0. The topological polar surface area (TPSA) is 49.3 Å². The fourth-order valence-corrected chi connectivity index (χ4v) is 2.76. The van der Waals surface area contributed by atoms with Gasteiger partial charge in [0.1, 0.15) is 0 Å². The van der Waals surface area contributed by atoms with Crippen LogP contribution in [0.2, 0.25) is 0 Å². The smallest absolute Gasteiger partial charge is 0.306 e. The molecule has 1 saturated carbocycles. The molecule has 4 heteroatoms. The summed E-state index contributed by atoms with van der Waals surface area (Å²) < 4.78 is 0. The van der Waals surface area contributed by atoms with Crippen LogP contribution in [0.1, 0.15) is 26.2 Å². The van der Waals surface area contributed by atoms with Crippen molar-refractivity contribution in [3.8, 4) is 0 Å². The molecule has 0 aliphatic heterocycles. The van der Waals surface area contributed by atoms with E-state index in [-0.39, 0.29) is 5.92 Å². The molecule has 0 bridgehead atoms. The molecule has 0 aromatic rings. The van der Waals surface area contributed by atoms with Crippen molar-refractivity contribution in [2.45, 2.75) is 26.2 Å². The molecule has 0 heterocycles. The van der Waals surface area contributed by atoms with Gasteiger partial charge in [0.05, 0.1) is 5.92 Å². The largest absolute Gasteiger partial charge is 0.481 e. The van der Waals surface area contributed by atoms with Crippen LogP contribution in [0.4, 0.5) is 0 Å². The van der Waals surface area contributed by atoms with Crippen molar-refractivity contribution < 1.29 is 9.90 Å². The molecule has 0 amide bonds. The molecule has 2 N–H and O–H groups in total. The Balaban J connectivity index is 2.12. The van der Waals surface area contributed by atoms with E-state index in [9.17, 15) is 4.79 Å². The molecular formula is C11H21NO2S. The maximum absolute atomic E-state index is 10.9. The van der Waals surface area contributed by atoms with Gasteiger partial charge in [0.2, 0.25) is 0 Å². The molecule has 88 valence electrons. The van der Waals surface area contributed by atoms with Gasteiger partial charge in [-0.2, -0.15) is 11.8 Å². The van der Waals surface area contributed by atoms with Crippen LogP contribution in [-0.2, 0) is 4.79 Å². The minimum Gasteiger partial charge on any atom is -0.481 e. The van der Waals surface area contributed by atoms with Gasteiger partial charge in [0, 0.05) is 12.3 Å². The SMILES string of the molecule is CCSCCNCC1CCCC1C(=O)O. The normalized spacial score (nSPS) is 25.7. The highest BCUT2D eigenvalue weighted by molar-refractivity contribution is 7.99. The van der Waals surface area contributed by atoms with Crippen LogP contribution in [0.3, 0.4) is 0 Å². The van der Waals surface area contributed by atoms with Crippen LogP contribution in [-0.4, -0.2) is 35.7 Å². The molecule has 2 atom stereocenters. The van der Waals surface area contributed by atoms with E-state index in [0.29, 0.717) is 5.92 Å². The molecule has 0 aromatic heterocycles. The first-order chi connectivity index (χ1) is 7.25. The van der Waals surface area contributed by atoms with Gasteiger partial charge in [-0.3, -0.25) is 4.79 Å². The molecule has 0 saturated heterocycles. The quantitative estimate of drug-likeness (QED) is 0.656. The van der Waals surface area contributed by atoms with Crippen molar-refractivity contribution in [3.05, 3.63) is 0 Å². The lowest BCUT2D eigenvalue weighted by Gasteiger charge is -2.16. The van der Waals surface area contributed by atoms with Crippen molar-refractivity contribution in [1.82, 2.24) is 5.32 Å². The van der Waals surface area contributed by atoms with Crippen LogP contribution in [0, 0.1) is 11.8 Å². The predicted octanol–water partition coefficient (Wildman–Crippen LogP) is 1.83. The first kappa shape index (κ1) is 12.8. The Morgan fingerprint density at radius 2 is 2.33 bits per heavy atom. The van der Waals surface area contributed by atoms with Crippen LogP contribution in [0.5, 0.6) is 0 Å². The number of thioether (sulfide) groups is 1. The Morgan fingerprint density at radius 3 is 3.00 bits per heavy atom. The third-order valence-corrected chi connectivity index (χ3v) is 3.91. The first-order valence-corrected chi connectivity index (χ1v) is 6.92. The molecule has 0 aromatic carbocycles. The van der Waals surface area contributed by atoms with Crippen LogP contribution in [0.25, 0.3) is 0 Å². The summed E-state index contributed by atoms with van der Waals surface area (Å²) in [7, 11) is 0. The van der Waals surface area contributed by atoms with Gasteiger partial charge < -0.3 is 10.4 Å². The predicted molar refractivity (Wildman–Crippen MR) is 64.3 cm³/mol. The van der Waals surface area contributed by atoms with E-state index in [0.717, 1.165) is 43.9 Å².